The summed E-state index contributed by atoms with van der Waals surface area (Å²) < 4.78 is 0. The van der Waals surface area contributed by atoms with Gasteiger partial charge in [0.2, 0.25) is 0 Å². The molecule has 0 saturated heterocycles. The van der Waals surface area contributed by atoms with Gasteiger partial charge in [-0.1, -0.05) is 29.3 Å². The molecule has 0 aromatic heterocycles. The van der Waals surface area contributed by atoms with E-state index in [1.807, 2.05) is 6.26 Å². The van der Waals surface area contributed by atoms with Crippen molar-refractivity contribution in [3.63, 3.8) is 0 Å². The molecule has 0 N–H and O–H groups in total. The Morgan fingerprint density at radius 2 is 1.50 bits per heavy atom. The van der Waals surface area contributed by atoms with Crippen molar-refractivity contribution in [1.82, 2.24) is 5.06 Å². The zero-order chi connectivity index (χ0) is 15.7. The van der Waals surface area contributed by atoms with E-state index in [2.05, 4.69) is 0 Å². The summed E-state index contributed by atoms with van der Waals surface area (Å²) in [7, 11) is 0. The van der Waals surface area contributed by atoms with E-state index in [0.717, 1.165) is 0 Å². The maximum atomic E-state index is 12.2. The molecule has 2 amide bonds. The number of thioether (sulfide) groups is 1. The first-order valence-electron chi connectivity index (χ1n) is 6.46. The summed E-state index contributed by atoms with van der Waals surface area (Å²) in [5.74, 6) is -1.99. The summed E-state index contributed by atoms with van der Waals surface area (Å²) in [5, 5.41) is 0.518. The van der Waals surface area contributed by atoms with Crippen molar-refractivity contribution in [3.05, 3.63) is 65.2 Å². The Morgan fingerprint density at radius 3 is 2.09 bits per heavy atom. The molecule has 0 bridgehead atoms. The highest BCUT2D eigenvalue weighted by Gasteiger charge is 2.38. The van der Waals surface area contributed by atoms with Crippen molar-refractivity contribution < 1.29 is 19.2 Å². The third-order valence-electron chi connectivity index (χ3n) is 3.26. The summed E-state index contributed by atoms with van der Waals surface area (Å²) in [6.45, 7) is 0. The van der Waals surface area contributed by atoms with E-state index in [1.54, 1.807) is 36.4 Å². The van der Waals surface area contributed by atoms with Gasteiger partial charge < -0.3 is 4.84 Å². The lowest BCUT2D eigenvalue weighted by atomic mass is 10.1. The first kappa shape index (κ1) is 14.3. The Balaban J connectivity index is 1.87. The molecule has 2 aromatic carbocycles. The molecule has 22 heavy (non-hydrogen) atoms. The molecule has 1 aliphatic heterocycles. The molecule has 110 valence electrons. The molecule has 1 aliphatic rings. The lowest BCUT2D eigenvalue weighted by Crippen LogP contribution is -2.32. The van der Waals surface area contributed by atoms with E-state index in [-0.39, 0.29) is 11.1 Å². The van der Waals surface area contributed by atoms with E-state index >= 15 is 0 Å². The van der Waals surface area contributed by atoms with E-state index in [0.29, 0.717) is 15.5 Å². The monoisotopic (exact) mass is 313 g/mol. The highest BCUT2D eigenvalue weighted by molar-refractivity contribution is 7.98. The zero-order valence-electron chi connectivity index (χ0n) is 11.6. The minimum Gasteiger partial charge on any atom is -0.324 e. The van der Waals surface area contributed by atoms with Gasteiger partial charge in [0.1, 0.15) is 0 Å². The van der Waals surface area contributed by atoms with Gasteiger partial charge >= 0.3 is 5.97 Å². The van der Waals surface area contributed by atoms with Gasteiger partial charge in [-0.05, 0) is 30.5 Å². The minimum atomic E-state index is -0.737. The van der Waals surface area contributed by atoms with E-state index in [4.69, 9.17) is 4.84 Å². The van der Waals surface area contributed by atoms with Crippen molar-refractivity contribution in [2.24, 2.45) is 0 Å². The summed E-state index contributed by atoms with van der Waals surface area (Å²) >= 11 is 1.38. The first-order chi connectivity index (χ1) is 10.6. The third-order valence-corrected chi connectivity index (χ3v) is 4.05. The van der Waals surface area contributed by atoms with Crippen molar-refractivity contribution >= 4 is 29.5 Å². The van der Waals surface area contributed by atoms with Crippen LogP contribution in [0.5, 0.6) is 0 Å². The molecule has 0 unspecified atom stereocenters. The van der Waals surface area contributed by atoms with Gasteiger partial charge in [-0.25, -0.2) is 4.79 Å². The number of carbonyl (C=O) groups excluding carboxylic acids is 3. The van der Waals surface area contributed by atoms with Crippen LogP contribution in [0.15, 0.2) is 53.4 Å². The SMILES string of the molecule is CSc1ccccc1C(=O)ON1C(=O)c2ccccc2C1=O. The molecule has 6 heteroatoms. The molecule has 0 aliphatic carbocycles. The maximum absolute atomic E-state index is 12.2. The van der Waals surface area contributed by atoms with Gasteiger partial charge in [0.05, 0.1) is 16.7 Å². The van der Waals surface area contributed by atoms with Crippen LogP contribution in [0, 0.1) is 0 Å². The molecule has 1 heterocycles. The largest absolute Gasteiger partial charge is 0.365 e. The Hall–Kier alpha value is -2.60. The number of nitrogens with zero attached hydrogens (tertiary/aromatic N) is 1. The van der Waals surface area contributed by atoms with Crippen LogP contribution < -0.4 is 0 Å². The highest BCUT2D eigenvalue weighted by atomic mass is 32.2. The standard InChI is InChI=1S/C16H11NO4S/c1-22-13-9-5-4-8-12(13)16(20)21-17-14(18)10-6-2-3-7-11(10)15(17)19/h2-9H,1H3. The number of hydrogen-bond donors (Lipinski definition) is 0. The van der Waals surface area contributed by atoms with Crippen molar-refractivity contribution in [3.8, 4) is 0 Å². The predicted molar refractivity (Wildman–Crippen MR) is 80.6 cm³/mol. The van der Waals surface area contributed by atoms with Crippen LogP contribution in [0.1, 0.15) is 31.1 Å². The molecule has 0 fully saturated rings. The van der Waals surface area contributed by atoms with Gasteiger partial charge in [-0.2, -0.15) is 0 Å². The first-order valence-corrected chi connectivity index (χ1v) is 7.69. The van der Waals surface area contributed by atoms with Gasteiger partial charge in [-0.3, -0.25) is 9.59 Å². The van der Waals surface area contributed by atoms with Crippen molar-refractivity contribution in [1.29, 1.82) is 0 Å². The van der Waals surface area contributed by atoms with Gasteiger partial charge in [0, 0.05) is 4.90 Å². The number of amides is 2. The van der Waals surface area contributed by atoms with E-state index in [9.17, 15) is 14.4 Å². The Labute approximate surface area is 130 Å². The van der Waals surface area contributed by atoms with Gasteiger partial charge in [-0.15, -0.1) is 11.8 Å². The minimum absolute atomic E-state index is 0.235. The molecule has 0 atom stereocenters. The van der Waals surface area contributed by atoms with Crippen LogP contribution in [0.25, 0.3) is 0 Å². The maximum Gasteiger partial charge on any atom is 0.365 e. The molecule has 5 nitrogen and oxygen atoms in total. The normalized spacial score (nSPS) is 13.2. The van der Waals surface area contributed by atoms with Crippen LogP contribution in [0.3, 0.4) is 0 Å². The molecular weight excluding hydrogens is 302 g/mol. The van der Waals surface area contributed by atoms with E-state index < -0.39 is 17.8 Å². The average molecular weight is 313 g/mol. The number of hydroxylamine groups is 2. The molecular formula is C16H11NO4S. The summed E-state index contributed by atoms with van der Waals surface area (Å²) in [6, 6.07) is 13.2. The fourth-order valence-corrected chi connectivity index (χ4v) is 2.78. The van der Waals surface area contributed by atoms with Crippen LogP contribution in [0.4, 0.5) is 0 Å². The summed E-state index contributed by atoms with van der Waals surface area (Å²) in [4.78, 5) is 42.3. The quantitative estimate of drug-likeness (QED) is 0.644. The molecule has 2 aromatic rings. The number of imide groups is 1. The highest BCUT2D eigenvalue weighted by Crippen LogP contribution is 2.25. The number of benzene rings is 2. The molecule has 0 saturated carbocycles. The fraction of sp³-hybridized carbons (Fsp3) is 0.0625. The number of rotatable bonds is 3. The fourth-order valence-electron chi connectivity index (χ4n) is 2.20. The van der Waals surface area contributed by atoms with E-state index in [1.165, 1.54) is 23.9 Å². The smallest absolute Gasteiger partial charge is 0.324 e. The number of carbonyl (C=O) groups is 3. The molecule has 0 spiro atoms. The number of hydrogen-bond acceptors (Lipinski definition) is 5. The van der Waals surface area contributed by atoms with Crippen LogP contribution >= 0.6 is 11.8 Å². The second-order valence-corrected chi connectivity index (χ2v) is 5.38. The van der Waals surface area contributed by atoms with Crippen LogP contribution in [-0.2, 0) is 4.84 Å². The number of fused-ring (bicyclic) bond motifs is 1. The van der Waals surface area contributed by atoms with Crippen molar-refractivity contribution in [2.45, 2.75) is 4.90 Å². The molecule has 0 radical (unpaired) electrons. The summed E-state index contributed by atoms with van der Waals surface area (Å²) in [5.41, 5.74) is 0.781. The third kappa shape index (κ3) is 2.27. The topological polar surface area (TPSA) is 63.7 Å². The predicted octanol–water partition coefficient (Wildman–Crippen LogP) is 2.78. The second kappa shape index (κ2) is 5.65. The van der Waals surface area contributed by atoms with Crippen molar-refractivity contribution in [2.75, 3.05) is 6.26 Å². The lowest BCUT2D eigenvalue weighted by Gasteiger charge is -2.13. The zero-order valence-corrected chi connectivity index (χ0v) is 12.4. The average Bonchev–Trinajstić information content (AvgIpc) is 2.80. The van der Waals surface area contributed by atoms with Gasteiger partial charge in [0.25, 0.3) is 11.8 Å². The Morgan fingerprint density at radius 1 is 0.955 bits per heavy atom. The van der Waals surface area contributed by atoms with Crippen LogP contribution in [0.2, 0.25) is 0 Å². The van der Waals surface area contributed by atoms with Gasteiger partial charge in [0.15, 0.2) is 0 Å². The Bertz CT molecular complexity index is 752. The second-order valence-electron chi connectivity index (χ2n) is 4.53. The lowest BCUT2D eigenvalue weighted by molar-refractivity contribution is -0.0586. The Kier molecular flexibility index (Phi) is 3.68. The van der Waals surface area contributed by atoms with Crippen LogP contribution in [-0.4, -0.2) is 29.1 Å². The molecule has 3 rings (SSSR count). The summed E-state index contributed by atoms with van der Waals surface area (Å²) in [6.07, 6.45) is 1.83.